The lowest BCUT2D eigenvalue weighted by Gasteiger charge is -2.14. The third-order valence-corrected chi connectivity index (χ3v) is 4.45. The van der Waals surface area contributed by atoms with Crippen LogP contribution in [-0.2, 0) is 0 Å². The van der Waals surface area contributed by atoms with E-state index >= 15 is 0 Å². The maximum atomic E-state index is 11.8. The molecular formula is C17H23N3OS. The molecule has 1 amide bonds. The van der Waals surface area contributed by atoms with E-state index in [1.54, 1.807) is 12.3 Å². The van der Waals surface area contributed by atoms with Crippen LogP contribution in [0.5, 0.6) is 0 Å². The maximum absolute atomic E-state index is 11.8. The summed E-state index contributed by atoms with van der Waals surface area (Å²) in [6.45, 7) is 9.10. The van der Waals surface area contributed by atoms with E-state index in [1.165, 1.54) is 15.3 Å². The Hall–Kier alpha value is -1.88. The van der Waals surface area contributed by atoms with Crippen molar-refractivity contribution in [2.45, 2.75) is 40.2 Å². The molecule has 5 heteroatoms. The second-order valence-corrected chi connectivity index (χ2v) is 6.88. The minimum absolute atomic E-state index is 0.0711. The number of thiophene rings is 1. The molecule has 22 heavy (non-hydrogen) atoms. The summed E-state index contributed by atoms with van der Waals surface area (Å²) in [5, 5.41) is 6.23. The van der Waals surface area contributed by atoms with Crippen LogP contribution in [0.3, 0.4) is 0 Å². The van der Waals surface area contributed by atoms with Gasteiger partial charge in [-0.3, -0.25) is 4.79 Å². The number of pyridine rings is 1. The summed E-state index contributed by atoms with van der Waals surface area (Å²) in [6.07, 6.45) is 2.54. The van der Waals surface area contributed by atoms with Crippen LogP contribution in [0.4, 0.5) is 5.82 Å². The Balaban J connectivity index is 2.02. The second kappa shape index (κ2) is 7.40. The second-order valence-electron chi connectivity index (χ2n) is 5.42. The molecule has 0 radical (unpaired) electrons. The largest absolute Gasteiger partial charge is 0.364 e. The molecule has 1 atom stereocenters. The lowest BCUT2D eigenvalue weighted by Crippen LogP contribution is -2.24. The predicted octanol–water partition coefficient (Wildman–Crippen LogP) is 4.07. The van der Waals surface area contributed by atoms with Gasteiger partial charge in [0.1, 0.15) is 5.82 Å². The number of amides is 1. The van der Waals surface area contributed by atoms with Gasteiger partial charge in [0, 0.05) is 22.5 Å². The monoisotopic (exact) mass is 317 g/mol. The molecule has 0 aliphatic heterocycles. The zero-order valence-electron chi connectivity index (χ0n) is 13.6. The topological polar surface area (TPSA) is 54.0 Å². The van der Waals surface area contributed by atoms with Gasteiger partial charge in [0.25, 0.3) is 5.91 Å². The van der Waals surface area contributed by atoms with Crippen LogP contribution in [0, 0.1) is 13.8 Å². The summed E-state index contributed by atoms with van der Waals surface area (Å²) >= 11 is 1.81. The molecule has 0 saturated carbocycles. The van der Waals surface area contributed by atoms with E-state index in [-0.39, 0.29) is 11.9 Å². The van der Waals surface area contributed by atoms with E-state index in [0.717, 1.165) is 12.2 Å². The lowest BCUT2D eigenvalue weighted by molar-refractivity contribution is 0.0953. The lowest BCUT2D eigenvalue weighted by atomic mass is 10.1. The molecule has 0 aliphatic carbocycles. The van der Waals surface area contributed by atoms with Gasteiger partial charge < -0.3 is 10.6 Å². The minimum Gasteiger partial charge on any atom is -0.364 e. The third-order valence-electron chi connectivity index (χ3n) is 3.47. The molecule has 0 spiro atoms. The molecule has 118 valence electrons. The number of carbonyl (C=O) groups excluding carboxylic acids is 1. The predicted molar refractivity (Wildman–Crippen MR) is 92.7 cm³/mol. The molecule has 0 aromatic carbocycles. The Morgan fingerprint density at radius 2 is 2.14 bits per heavy atom. The number of nitrogens with one attached hydrogen (secondary N) is 2. The number of hydrogen-bond acceptors (Lipinski definition) is 4. The van der Waals surface area contributed by atoms with Gasteiger partial charge in [-0.1, -0.05) is 6.92 Å². The van der Waals surface area contributed by atoms with Crippen LogP contribution in [0.1, 0.15) is 52.0 Å². The van der Waals surface area contributed by atoms with E-state index < -0.39 is 0 Å². The fourth-order valence-electron chi connectivity index (χ4n) is 2.33. The molecule has 2 aromatic rings. The van der Waals surface area contributed by atoms with Crippen LogP contribution in [0.2, 0.25) is 0 Å². The van der Waals surface area contributed by atoms with Gasteiger partial charge in [0.2, 0.25) is 0 Å². The van der Waals surface area contributed by atoms with Crippen molar-refractivity contribution in [1.82, 2.24) is 10.3 Å². The summed E-state index contributed by atoms with van der Waals surface area (Å²) in [7, 11) is 0. The molecular weight excluding hydrogens is 294 g/mol. The number of anilines is 1. The molecule has 1 unspecified atom stereocenters. The third kappa shape index (κ3) is 4.07. The molecule has 0 aliphatic rings. The van der Waals surface area contributed by atoms with E-state index in [1.807, 2.05) is 24.3 Å². The van der Waals surface area contributed by atoms with Crippen LogP contribution < -0.4 is 10.6 Å². The number of aromatic nitrogens is 1. The summed E-state index contributed by atoms with van der Waals surface area (Å²) in [5.41, 5.74) is 1.89. The Morgan fingerprint density at radius 3 is 2.68 bits per heavy atom. The van der Waals surface area contributed by atoms with E-state index in [2.05, 4.69) is 42.5 Å². The van der Waals surface area contributed by atoms with Gasteiger partial charge in [-0.05, 0) is 51.0 Å². The van der Waals surface area contributed by atoms with Crippen LogP contribution >= 0.6 is 11.3 Å². The van der Waals surface area contributed by atoms with Gasteiger partial charge in [-0.2, -0.15) is 0 Å². The van der Waals surface area contributed by atoms with Gasteiger partial charge >= 0.3 is 0 Å². The fraction of sp³-hybridized carbons (Fsp3) is 0.412. The fourth-order valence-corrected chi connectivity index (χ4v) is 3.36. The van der Waals surface area contributed by atoms with Crippen molar-refractivity contribution in [3.05, 3.63) is 45.3 Å². The smallest absolute Gasteiger partial charge is 0.252 e. The minimum atomic E-state index is -0.0711. The van der Waals surface area contributed by atoms with Crippen molar-refractivity contribution in [2.75, 3.05) is 11.9 Å². The first-order chi connectivity index (χ1) is 10.5. The molecule has 0 bridgehead atoms. The normalized spacial score (nSPS) is 12.0. The molecule has 0 saturated heterocycles. The number of nitrogens with zero attached hydrogens (tertiary/aromatic N) is 1. The van der Waals surface area contributed by atoms with Crippen LogP contribution in [0.25, 0.3) is 0 Å². The van der Waals surface area contributed by atoms with Crippen molar-refractivity contribution < 1.29 is 4.79 Å². The van der Waals surface area contributed by atoms with Gasteiger partial charge in [0.05, 0.1) is 11.6 Å². The standard InChI is InChI=1S/C17H23N3OS/c1-5-8-18-17(21)14-6-7-16(19-10-14)20-12(3)15-9-11(2)22-13(15)4/h6-7,9-10,12H,5,8H2,1-4H3,(H,18,21)(H,19,20). The van der Waals surface area contributed by atoms with Gasteiger partial charge in [0.15, 0.2) is 0 Å². The molecule has 4 nitrogen and oxygen atoms in total. The highest BCUT2D eigenvalue weighted by Gasteiger charge is 2.12. The van der Waals surface area contributed by atoms with Crippen molar-refractivity contribution in [3.8, 4) is 0 Å². The average Bonchev–Trinajstić information content (AvgIpc) is 2.84. The summed E-state index contributed by atoms with van der Waals surface area (Å²) in [6, 6.07) is 6.06. The number of carbonyl (C=O) groups is 1. The molecule has 2 aromatic heterocycles. The summed E-state index contributed by atoms with van der Waals surface area (Å²) < 4.78 is 0. The van der Waals surface area contributed by atoms with Crippen molar-refractivity contribution in [1.29, 1.82) is 0 Å². The zero-order chi connectivity index (χ0) is 16.1. The molecule has 2 rings (SSSR count). The van der Waals surface area contributed by atoms with Crippen LogP contribution in [-0.4, -0.2) is 17.4 Å². The highest BCUT2D eigenvalue weighted by Crippen LogP contribution is 2.28. The Bertz CT molecular complexity index is 634. The Kier molecular flexibility index (Phi) is 5.55. The first-order valence-corrected chi connectivity index (χ1v) is 8.40. The van der Waals surface area contributed by atoms with E-state index in [4.69, 9.17) is 0 Å². The van der Waals surface area contributed by atoms with Gasteiger partial charge in [-0.25, -0.2) is 4.98 Å². The molecule has 2 N–H and O–H groups in total. The molecule has 0 fully saturated rings. The number of rotatable bonds is 6. The number of hydrogen-bond donors (Lipinski definition) is 2. The Morgan fingerprint density at radius 1 is 1.36 bits per heavy atom. The summed E-state index contributed by atoms with van der Waals surface area (Å²) in [5.74, 6) is 0.709. The van der Waals surface area contributed by atoms with Gasteiger partial charge in [-0.15, -0.1) is 11.3 Å². The molecule has 2 heterocycles. The van der Waals surface area contributed by atoms with E-state index in [9.17, 15) is 4.79 Å². The van der Waals surface area contributed by atoms with Crippen molar-refractivity contribution in [2.24, 2.45) is 0 Å². The highest BCUT2D eigenvalue weighted by molar-refractivity contribution is 7.12. The quantitative estimate of drug-likeness (QED) is 0.844. The average molecular weight is 317 g/mol. The SMILES string of the molecule is CCCNC(=O)c1ccc(NC(C)c2cc(C)sc2C)nc1. The number of aryl methyl sites for hydroxylation is 2. The zero-order valence-corrected chi connectivity index (χ0v) is 14.4. The van der Waals surface area contributed by atoms with Crippen molar-refractivity contribution in [3.63, 3.8) is 0 Å². The maximum Gasteiger partial charge on any atom is 0.252 e. The highest BCUT2D eigenvalue weighted by atomic mass is 32.1. The van der Waals surface area contributed by atoms with E-state index in [0.29, 0.717) is 12.1 Å². The summed E-state index contributed by atoms with van der Waals surface area (Å²) in [4.78, 5) is 18.8. The van der Waals surface area contributed by atoms with Crippen molar-refractivity contribution >= 4 is 23.1 Å². The Labute approximate surface area is 136 Å². The first kappa shape index (κ1) is 16.5. The first-order valence-electron chi connectivity index (χ1n) is 7.59. The van der Waals surface area contributed by atoms with Crippen LogP contribution in [0.15, 0.2) is 24.4 Å².